The fourth-order valence-corrected chi connectivity index (χ4v) is 5.02. The average Bonchev–Trinajstić information content (AvgIpc) is 2.82. The van der Waals surface area contributed by atoms with Gasteiger partial charge in [0.15, 0.2) is 0 Å². The summed E-state index contributed by atoms with van der Waals surface area (Å²) in [5.41, 5.74) is -0.591. The van der Waals surface area contributed by atoms with Crippen LogP contribution < -0.4 is 0 Å². The third-order valence-corrected chi connectivity index (χ3v) is 5.85. The molecule has 0 bridgehead atoms. The van der Waals surface area contributed by atoms with Gasteiger partial charge in [0.05, 0.1) is 18.6 Å². The Morgan fingerprint density at radius 2 is 2.00 bits per heavy atom. The zero-order valence-electron chi connectivity index (χ0n) is 14.8. The number of rotatable bonds is 4. The van der Waals surface area contributed by atoms with Gasteiger partial charge in [0.25, 0.3) is 0 Å². The van der Waals surface area contributed by atoms with Gasteiger partial charge in [-0.2, -0.15) is 13.2 Å². The monoisotopic (exact) mass is 355 g/mol. The van der Waals surface area contributed by atoms with Crippen LogP contribution in [0.3, 0.4) is 0 Å². The minimum Gasteiger partial charge on any atom is -0.384 e. The Bertz CT molecular complexity index is 671. The number of nitrogens with zero attached hydrogens (tertiary/aromatic N) is 1. The molecule has 2 fully saturated rings. The van der Waals surface area contributed by atoms with Crippen LogP contribution in [-0.4, -0.2) is 37.6 Å². The summed E-state index contributed by atoms with van der Waals surface area (Å²) in [5, 5.41) is 0. The quantitative estimate of drug-likeness (QED) is 0.823. The van der Waals surface area contributed by atoms with E-state index in [-0.39, 0.29) is 28.7 Å². The largest absolute Gasteiger partial charge is 0.416 e. The van der Waals surface area contributed by atoms with E-state index in [0.717, 1.165) is 12.5 Å². The second-order valence-corrected chi connectivity index (χ2v) is 8.12. The molecule has 1 saturated carbocycles. The first-order chi connectivity index (χ1) is 11.6. The predicted molar refractivity (Wildman–Crippen MR) is 87.9 cm³/mol. The molecule has 0 aromatic heterocycles. The molecule has 138 valence electrons. The van der Waals surface area contributed by atoms with E-state index in [9.17, 15) is 18.0 Å². The van der Waals surface area contributed by atoms with Crippen molar-refractivity contribution in [3.05, 3.63) is 35.4 Å². The number of fused-ring (bicyclic) bond motifs is 1. The molecule has 1 aliphatic carbocycles. The Balaban J connectivity index is 1.76. The maximum absolute atomic E-state index is 13.1. The number of benzene rings is 1. The zero-order chi connectivity index (χ0) is 18.5. The normalized spacial score (nSPS) is 27.8. The Hall–Kier alpha value is -1.56. The first-order valence-electron chi connectivity index (χ1n) is 8.51. The lowest BCUT2D eigenvalue weighted by Gasteiger charge is -2.56. The molecule has 1 aliphatic heterocycles. The van der Waals surface area contributed by atoms with Crippen molar-refractivity contribution in [2.75, 3.05) is 26.8 Å². The van der Waals surface area contributed by atoms with Crippen molar-refractivity contribution in [3.63, 3.8) is 0 Å². The van der Waals surface area contributed by atoms with Crippen LogP contribution in [0.1, 0.15) is 31.4 Å². The van der Waals surface area contributed by atoms with Crippen molar-refractivity contribution < 1.29 is 22.7 Å². The highest BCUT2D eigenvalue weighted by atomic mass is 19.4. The van der Waals surface area contributed by atoms with Crippen LogP contribution in [0.4, 0.5) is 13.2 Å². The van der Waals surface area contributed by atoms with Gasteiger partial charge in [-0.3, -0.25) is 4.79 Å². The molecular formula is C19H24F3NO2. The molecule has 1 heterocycles. The van der Waals surface area contributed by atoms with Crippen LogP contribution >= 0.6 is 0 Å². The lowest BCUT2D eigenvalue weighted by Crippen LogP contribution is -2.55. The molecule has 3 nitrogen and oxygen atoms in total. The fourth-order valence-electron chi connectivity index (χ4n) is 5.02. The molecule has 1 amide bonds. The smallest absolute Gasteiger partial charge is 0.384 e. The third-order valence-electron chi connectivity index (χ3n) is 5.85. The minimum absolute atomic E-state index is 0.0410. The molecule has 1 aromatic carbocycles. The van der Waals surface area contributed by atoms with Gasteiger partial charge in [-0.1, -0.05) is 32.0 Å². The van der Waals surface area contributed by atoms with E-state index in [4.69, 9.17) is 4.74 Å². The number of ether oxygens (including phenoxy) is 1. The van der Waals surface area contributed by atoms with Crippen LogP contribution in [-0.2, 0) is 22.1 Å². The number of alkyl halides is 3. The van der Waals surface area contributed by atoms with Crippen LogP contribution in [0, 0.1) is 16.7 Å². The average molecular weight is 355 g/mol. The molecule has 0 N–H and O–H groups in total. The van der Waals surface area contributed by atoms with Crippen molar-refractivity contribution in [3.8, 4) is 0 Å². The fraction of sp³-hybridized carbons (Fsp3) is 0.632. The van der Waals surface area contributed by atoms with Crippen LogP contribution in [0.2, 0.25) is 0 Å². The lowest BCUT2D eigenvalue weighted by atomic mass is 9.48. The van der Waals surface area contributed by atoms with E-state index < -0.39 is 11.7 Å². The number of hydrogen-bond donors (Lipinski definition) is 0. The first kappa shape index (κ1) is 18.2. The van der Waals surface area contributed by atoms with E-state index in [1.54, 1.807) is 18.1 Å². The maximum Gasteiger partial charge on any atom is 0.416 e. The van der Waals surface area contributed by atoms with Crippen LogP contribution in [0.15, 0.2) is 24.3 Å². The van der Waals surface area contributed by atoms with Gasteiger partial charge < -0.3 is 9.64 Å². The maximum atomic E-state index is 13.1. The Labute approximate surface area is 146 Å². The molecule has 1 aromatic rings. The van der Waals surface area contributed by atoms with Gasteiger partial charge in [-0.05, 0) is 29.4 Å². The van der Waals surface area contributed by atoms with E-state index in [1.807, 2.05) is 0 Å². The number of likely N-dealkylation sites (tertiary alicyclic amines) is 1. The summed E-state index contributed by atoms with van der Waals surface area (Å²) in [6.07, 6.45) is -3.69. The van der Waals surface area contributed by atoms with Gasteiger partial charge in [-0.15, -0.1) is 0 Å². The summed E-state index contributed by atoms with van der Waals surface area (Å²) >= 11 is 0. The highest BCUT2D eigenvalue weighted by Gasteiger charge is 2.63. The summed E-state index contributed by atoms with van der Waals surface area (Å²) in [4.78, 5) is 14.4. The van der Waals surface area contributed by atoms with Gasteiger partial charge in [0, 0.05) is 25.6 Å². The summed E-state index contributed by atoms with van der Waals surface area (Å²) in [7, 11) is 1.65. The SMILES string of the molecule is COC[C@@]12CN(C(=O)Cc3ccccc3C(F)(F)F)C[C@@H]1C(C)(C)C2. The third kappa shape index (κ3) is 3.16. The van der Waals surface area contributed by atoms with Gasteiger partial charge in [0.2, 0.25) is 5.91 Å². The molecule has 2 aliphatic rings. The summed E-state index contributed by atoms with van der Waals surface area (Å²) in [5.74, 6) is 0.0964. The number of carbonyl (C=O) groups excluding carboxylic acids is 1. The summed E-state index contributed by atoms with van der Waals surface area (Å²) < 4.78 is 44.8. The second-order valence-electron chi connectivity index (χ2n) is 8.12. The summed E-state index contributed by atoms with van der Waals surface area (Å²) in [6, 6.07) is 5.32. The Kier molecular flexibility index (Phi) is 4.38. The van der Waals surface area contributed by atoms with E-state index >= 15 is 0 Å². The van der Waals surface area contributed by atoms with Crippen LogP contribution in [0.25, 0.3) is 0 Å². The number of hydrogen-bond acceptors (Lipinski definition) is 2. The zero-order valence-corrected chi connectivity index (χ0v) is 14.8. The van der Waals surface area contributed by atoms with Crippen molar-refractivity contribution in [2.24, 2.45) is 16.7 Å². The number of halogens is 3. The second kappa shape index (κ2) is 6.01. The number of methoxy groups -OCH3 is 1. The highest BCUT2D eigenvalue weighted by Crippen LogP contribution is 2.62. The Morgan fingerprint density at radius 3 is 2.60 bits per heavy atom. The first-order valence-corrected chi connectivity index (χ1v) is 8.51. The topological polar surface area (TPSA) is 29.5 Å². The van der Waals surface area contributed by atoms with E-state index in [0.29, 0.717) is 25.6 Å². The highest BCUT2D eigenvalue weighted by molar-refractivity contribution is 5.79. The van der Waals surface area contributed by atoms with Crippen LogP contribution in [0.5, 0.6) is 0 Å². The van der Waals surface area contributed by atoms with Gasteiger partial charge in [-0.25, -0.2) is 0 Å². The molecule has 3 rings (SSSR count). The molecule has 6 heteroatoms. The molecule has 0 unspecified atom stereocenters. The molecule has 25 heavy (non-hydrogen) atoms. The number of amides is 1. The van der Waals surface area contributed by atoms with Crippen molar-refractivity contribution >= 4 is 5.91 Å². The standard InChI is InChI=1S/C19H24F3NO2/c1-17(2)10-18(12-25-3)11-23(9-15(17)18)16(24)8-13-6-4-5-7-14(13)19(20,21)22/h4-7,15H,8-12H2,1-3H3/t15-,18-/m1/s1. The minimum atomic E-state index is -4.44. The van der Waals surface area contributed by atoms with E-state index in [2.05, 4.69) is 13.8 Å². The molecule has 0 radical (unpaired) electrons. The molecule has 2 atom stereocenters. The van der Waals surface area contributed by atoms with Crippen molar-refractivity contribution in [1.82, 2.24) is 4.90 Å². The van der Waals surface area contributed by atoms with E-state index in [1.165, 1.54) is 12.1 Å². The number of carbonyl (C=O) groups is 1. The molecular weight excluding hydrogens is 331 g/mol. The van der Waals surface area contributed by atoms with Crippen molar-refractivity contribution in [1.29, 1.82) is 0 Å². The van der Waals surface area contributed by atoms with Crippen molar-refractivity contribution in [2.45, 2.75) is 32.9 Å². The molecule has 0 spiro atoms. The molecule has 1 saturated heterocycles. The van der Waals surface area contributed by atoms with Gasteiger partial charge in [0.1, 0.15) is 0 Å². The van der Waals surface area contributed by atoms with Gasteiger partial charge >= 0.3 is 6.18 Å². The predicted octanol–water partition coefficient (Wildman–Crippen LogP) is 3.77. The Morgan fingerprint density at radius 1 is 1.32 bits per heavy atom. The lowest BCUT2D eigenvalue weighted by molar-refractivity contribution is -0.138. The summed E-state index contributed by atoms with van der Waals surface area (Å²) in [6.45, 7) is 6.12.